The van der Waals surface area contributed by atoms with Crippen molar-refractivity contribution in [3.63, 3.8) is 0 Å². The lowest BCUT2D eigenvalue weighted by Crippen LogP contribution is -2.44. The van der Waals surface area contributed by atoms with Gasteiger partial charge in [-0.1, -0.05) is 12.1 Å². The first-order valence-electron chi connectivity index (χ1n) is 9.56. The SMILES string of the molecule is Cc1c(C#N)cccc1-c1cc2c3c(c1)[C@@H]1CNCC[C@@H]1N3CCCS2. The standard InChI is InChI=1S/C22H23N3S/c1-14-15(12-23)4-2-5-17(14)16-10-18-19-13-24-7-6-20(19)25-8-3-9-26-21(11-16)22(18)25/h2,4-5,10-11,19-20,24H,3,6-9,13H2,1H3/t19-,20-/m0/s1. The maximum Gasteiger partial charge on any atom is 0.0994 e. The molecule has 2 aromatic carbocycles. The molecule has 5 rings (SSSR count). The van der Waals surface area contributed by atoms with E-state index >= 15 is 0 Å². The number of nitriles is 1. The zero-order valence-electron chi connectivity index (χ0n) is 15.1. The molecule has 0 radical (unpaired) electrons. The van der Waals surface area contributed by atoms with E-state index in [-0.39, 0.29) is 0 Å². The van der Waals surface area contributed by atoms with Crippen LogP contribution in [0.4, 0.5) is 5.69 Å². The van der Waals surface area contributed by atoms with E-state index in [9.17, 15) is 5.26 Å². The molecule has 2 aromatic rings. The molecule has 2 atom stereocenters. The van der Waals surface area contributed by atoms with Crippen molar-refractivity contribution >= 4 is 17.4 Å². The van der Waals surface area contributed by atoms with Crippen LogP contribution in [0.1, 0.15) is 35.4 Å². The van der Waals surface area contributed by atoms with E-state index in [2.05, 4.69) is 41.4 Å². The van der Waals surface area contributed by atoms with E-state index in [4.69, 9.17) is 0 Å². The van der Waals surface area contributed by atoms with Crippen LogP contribution in [-0.4, -0.2) is 31.4 Å². The van der Waals surface area contributed by atoms with Crippen molar-refractivity contribution in [3.8, 4) is 17.2 Å². The maximum atomic E-state index is 9.41. The number of nitrogens with zero attached hydrogens (tertiary/aromatic N) is 2. The molecule has 26 heavy (non-hydrogen) atoms. The second kappa shape index (κ2) is 6.33. The third-order valence-corrected chi connectivity index (χ3v) is 7.32. The Morgan fingerprint density at radius 1 is 1.31 bits per heavy atom. The van der Waals surface area contributed by atoms with Crippen molar-refractivity contribution in [1.29, 1.82) is 5.26 Å². The summed E-state index contributed by atoms with van der Waals surface area (Å²) >= 11 is 2.01. The largest absolute Gasteiger partial charge is 0.367 e. The Morgan fingerprint density at radius 2 is 2.23 bits per heavy atom. The molecule has 1 N–H and O–H groups in total. The lowest BCUT2D eigenvalue weighted by molar-refractivity contribution is 0.403. The van der Waals surface area contributed by atoms with E-state index in [1.165, 1.54) is 52.4 Å². The molecule has 0 unspecified atom stereocenters. The topological polar surface area (TPSA) is 39.1 Å². The number of hydrogen-bond acceptors (Lipinski definition) is 4. The van der Waals surface area contributed by atoms with Gasteiger partial charge in [0, 0.05) is 29.9 Å². The highest BCUT2D eigenvalue weighted by Gasteiger charge is 2.41. The number of hydrogen-bond donors (Lipinski definition) is 1. The van der Waals surface area contributed by atoms with Crippen LogP contribution in [0.2, 0.25) is 0 Å². The number of anilines is 1. The Balaban J connectivity index is 1.70. The second-order valence-corrected chi connectivity index (χ2v) is 8.70. The summed E-state index contributed by atoms with van der Waals surface area (Å²) in [5, 5.41) is 13.0. The minimum absolute atomic E-state index is 0.593. The van der Waals surface area contributed by atoms with Crippen LogP contribution in [-0.2, 0) is 0 Å². The highest BCUT2D eigenvalue weighted by molar-refractivity contribution is 7.99. The highest BCUT2D eigenvalue weighted by atomic mass is 32.2. The lowest BCUT2D eigenvalue weighted by atomic mass is 9.88. The molecule has 0 bridgehead atoms. The van der Waals surface area contributed by atoms with Crippen molar-refractivity contribution in [2.45, 2.75) is 36.6 Å². The molecule has 3 aliphatic rings. The van der Waals surface area contributed by atoms with Gasteiger partial charge in [0.15, 0.2) is 0 Å². The predicted octanol–water partition coefficient (Wildman–Crippen LogP) is 4.30. The normalized spacial score (nSPS) is 23.8. The van der Waals surface area contributed by atoms with Crippen LogP contribution in [0.3, 0.4) is 0 Å². The predicted molar refractivity (Wildman–Crippen MR) is 108 cm³/mol. The van der Waals surface area contributed by atoms with Gasteiger partial charge in [-0.15, -0.1) is 11.8 Å². The highest BCUT2D eigenvalue weighted by Crippen LogP contribution is 2.51. The van der Waals surface area contributed by atoms with E-state index in [1.54, 1.807) is 0 Å². The zero-order valence-corrected chi connectivity index (χ0v) is 15.9. The monoisotopic (exact) mass is 361 g/mol. The van der Waals surface area contributed by atoms with Gasteiger partial charge in [0.1, 0.15) is 0 Å². The second-order valence-electron chi connectivity index (χ2n) is 7.56. The molecule has 1 saturated heterocycles. The average Bonchev–Trinajstić information content (AvgIpc) is 2.83. The molecular formula is C22H23N3S. The summed E-state index contributed by atoms with van der Waals surface area (Å²) < 4.78 is 0. The molecule has 0 aliphatic carbocycles. The number of fused-ring (bicyclic) bond motifs is 3. The van der Waals surface area contributed by atoms with Crippen LogP contribution in [0, 0.1) is 18.3 Å². The fourth-order valence-electron chi connectivity index (χ4n) is 4.95. The molecular weight excluding hydrogens is 338 g/mol. The summed E-state index contributed by atoms with van der Waals surface area (Å²) in [4.78, 5) is 4.14. The minimum atomic E-state index is 0.593. The molecule has 4 heteroatoms. The molecule has 0 amide bonds. The van der Waals surface area contributed by atoms with E-state index < -0.39 is 0 Å². The molecule has 0 spiro atoms. The molecule has 132 valence electrons. The Morgan fingerprint density at radius 3 is 3.12 bits per heavy atom. The quantitative estimate of drug-likeness (QED) is 0.822. The van der Waals surface area contributed by atoms with Crippen molar-refractivity contribution < 1.29 is 0 Å². The number of rotatable bonds is 1. The number of benzene rings is 2. The van der Waals surface area contributed by atoms with Gasteiger partial charge in [-0.3, -0.25) is 0 Å². The molecule has 0 saturated carbocycles. The van der Waals surface area contributed by atoms with Crippen LogP contribution >= 0.6 is 11.8 Å². The first kappa shape index (κ1) is 16.2. The van der Waals surface area contributed by atoms with Crippen molar-refractivity contribution in [1.82, 2.24) is 5.32 Å². The van der Waals surface area contributed by atoms with Gasteiger partial charge in [0.25, 0.3) is 0 Å². The molecule has 3 nitrogen and oxygen atoms in total. The van der Waals surface area contributed by atoms with E-state index in [0.717, 1.165) is 24.2 Å². The van der Waals surface area contributed by atoms with Gasteiger partial charge < -0.3 is 10.2 Å². The fourth-order valence-corrected chi connectivity index (χ4v) is 6.03. The summed E-state index contributed by atoms with van der Waals surface area (Å²) in [6, 6.07) is 13.9. The molecule has 3 heterocycles. The number of nitrogens with one attached hydrogen (secondary N) is 1. The summed E-state index contributed by atoms with van der Waals surface area (Å²) in [6.45, 7) is 5.48. The van der Waals surface area contributed by atoms with Gasteiger partial charge in [-0.2, -0.15) is 5.26 Å². The number of piperidine rings is 1. The van der Waals surface area contributed by atoms with Gasteiger partial charge in [0.2, 0.25) is 0 Å². The maximum absolute atomic E-state index is 9.41. The first-order valence-corrected chi connectivity index (χ1v) is 10.5. The average molecular weight is 362 g/mol. The molecule has 3 aliphatic heterocycles. The third-order valence-electron chi connectivity index (χ3n) is 6.20. The Hall–Kier alpha value is -1.96. The summed E-state index contributed by atoms with van der Waals surface area (Å²) in [5.41, 5.74) is 7.37. The van der Waals surface area contributed by atoms with Crippen LogP contribution in [0.25, 0.3) is 11.1 Å². The van der Waals surface area contributed by atoms with Crippen LogP contribution < -0.4 is 10.2 Å². The van der Waals surface area contributed by atoms with Gasteiger partial charge in [-0.05, 0) is 72.5 Å². The van der Waals surface area contributed by atoms with Gasteiger partial charge in [0.05, 0.1) is 17.3 Å². The van der Waals surface area contributed by atoms with Crippen molar-refractivity contribution in [2.75, 3.05) is 30.3 Å². The van der Waals surface area contributed by atoms with Crippen molar-refractivity contribution in [3.05, 3.63) is 47.0 Å². The van der Waals surface area contributed by atoms with Crippen LogP contribution in [0.5, 0.6) is 0 Å². The lowest BCUT2D eigenvalue weighted by Gasteiger charge is -2.33. The number of thioether (sulfide) groups is 1. The first-order chi connectivity index (χ1) is 12.8. The zero-order chi connectivity index (χ0) is 17.7. The third kappa shape index (κ3) is 2.38. The molecule has 0 aromatic heterocycles. The van der Waals surface area contributed by atoms with Gasteiger partial charge >= 0.3 is 0 Å². The smallest absolute Gasteiger partial charge is 0.0994 e. The minimum Gasteiger partial charge on any atom is -0.367 e. The Kier molecular flexibility index (Phi) is 3.95. The Bertz CT molecular complexity index is 914. The molecule has 1 fully saturated rings. The van der Waals surface area contributed by atoms with Crippen molar-refractivity contribution in [2.24, 2.45) is 0 Å². The van der Waals surface area contributed by atoms with Crippen LogP contribution in [0.15, 0.2) is 35.2 Å². The Labute approximate surface area is 159 Å². The van der Waals surface area contributed by atoms with E-state index in [1.807, 2.05) is 23.9 Å². The fraction of sp³-hybridized carbons (Fsp3) is 0.409. The summed E-state index contributed by atoms with van der Waals surface area (Å²) in [5.74, 6) is 1.79. The summed E-state index contributed by atoms with van der Waals surface area (Å²) in [7, 11) is 0. The van der Waals surface area contributed by atoms with Gasteiger partial charge in [-0.25, -0.2) is 0 Å². The van der Waals surface area contributed by atoms with E-state index in [0.29, 0.717) is 12.0 Å². The summed E-state index contributed by atoms with van der Waals surface area (Å²) in [6.07, 6.45) is 2.50.